The number of ether oxygens (including phenoxy) is 1. The highest BCUT2D eigenvalue weighted by atomic mass is 16.5. The first kappa shape index (κ1) is 10.2. The van der Waals surface area contributed by atoms with Crippen molar-refractivity contribution in [3.63, 3.8) is 0 Å². The van der Waals surface area contributed by atoms with Gasteiger partial charge in [0.2, 0.25) is 0 Å². The molecule has 1 heteroatoms. The highest BCUT2D eigenvalue weighted by Gasteiger charge is 2.53. The summed E-state index contributed by atoms with van der Waals surface area (Å²) in [6, 6.07) is 0. The average molecular weight is 194 g/mol. The van der Waals surface area contributed by atoms with E-state index in [1.807, 2.05) is 0 Å². The summed E-state index contributed by atoms with van der Waals surface area (Å²) < 4.78 is 6.27. The molecule has 2 unspecified atom stereocenters. The fourth-order valence-corrected chi connectivity index (χ4v) is 3.24. The molecule has 80 valence electrons. The third-order valence-electron chi connectivity index (χ3n) is 4.27. The van der Waals surface area contributed by atoms with Crippen LogP contribution in [0.3, 0.4) is 0 Å². The second kappa shape index (κ2) is 3.10. The van der Waals surface area contributed by atoms with E-state index in [-0.39, 0.29) is 5.60 Å². The molecule has 1 aliphatic carbocycles. The molecule has 0 aromatic heterocycles. The SMILES string of the molecule is CC1CC[C@]2(O1)C(C)C=CCC2(C)C. The Morgan fingerprint density at radius 1 is 1.29 bits per heavy atom. The minimum Gasteiger partial charge on any atom is -0.371 e. The molecule has 1 aliphatic heterocycles. The van der Waals surface area contributed by atoms with E-state index in [0.29, 0.717) is 17.4 Å². The molecule has 0 bridgehead atoms. The van der Waals surface area contributed by atoms with Crippen molar-refractivity contribution in [2.45, 2.75) is 58.7 Å². The molecular weight excluding hydrogens is 172 g/mol. The van der Waals surface area contributed by atoms with Crippen molar-refractivity contribution >= 4 is 0 Å². The molecule has 0 aromatic carbocycles. The summed E-state index contributed by atoms with van der Waals surface area (Å²) in [5.41, 5.74) is 0.410. The molecule has 3 atom stereocenters. The van der Waals surface area contributed by atoms with Crippen molar-refractivity contribution in [1.82, 2.24) is 0 Å². The van der Waals surface area contributed by atoms with Crippen molar-refractivity contribution in [2.24, 2.45) is 11.3 Å². The molecule has 0 radical (unpaired) electrons. The summed E-state index contributed by atoms with van der Waals surface area (Å²) in [4.78, 5) is 0. The first-order valence-corrected chi connectivity index (χ1v) is 5.82. The topological polar surface area (TPSA) is 9.23 Å². The van der Waals surface area contributed by atoms with Gasteiger partial charge in [-0.1, -0.05) is 32.9 Å². The van der Waals surface area contributed by atoms with Gasteiger partial charge in [0.1, 0.15) is 0 Å². The van der Waals surface area contributed by atoms with Crippen LogP contribution < -0.4 is 0 Å². The minimum absolute atomic E-state index is 0.112. The summed E-state index contributed by atoms with van der Waals surface area (Å²) in [6.07, 6.45) is 8.72. The Labute approximate surface area is 87.5 Å². The quantitative estimate of drug-likeness (QED) is 0.536. The van der Waals surface area contributed by atoms with Crippen LogP contribution in [0.4, 0.5) is 0 Å². The van der Waals surface area contributed by atoms with Crippen molar-refractivity contribution in [2.75, 3.05) is 0 Å². The predicted molar refractivity (Wildman–Crippen MR) is 59.2 cm³/mol. The van der Waals surface area contributed by atoms with Gasteiger partial charge in [-0.25, -0.2) is 0 Å². The molecule has 1 spiro atoms. The van der Waals surface area contributed by atoms with Gasteiger partial charge in [-0.05, 0) is 31.6 Å². The monoisotopic (exact) mass is 194 g/mol. The lowest BCUT2D eigenvalue weighted by atomic mass is 9.62. The molecule has 0 aromatic rings. The Morgan fingerprint density at radius 2 is 2.00 bits per heavy atom. The fraction of sp³-hybridized carbons (Fsp3) is 0.846. The Bertz CT molecular complexity index is 254. The normalized spacial score (nSPS) is 46.0. The van der Waals surface area contributed by atoms with E-state index < -0.39 is 0 Å². The molecule has 0 N–H and O–H groups in total. The van der Waals surface area contributed by atoms with Crippen LogP contribution in [-0.2, 0) is 4.74 Å². The molecule has 0 amide bonds. The summed E-state index contributed by atoms with van der Waals surface area (Å²) in [5.74, 6) is 0.566. The second-order valence-corrected chi connectivity index (χ2v) is 5.66. The van der Waals surface area contributed by atoms with Gasteiger partial charge >= 0.3 is 0 Å². The average Bonchev–Trinajstić information content (AvgIpc) is 2.46. The van der Waals surface area contributed by atoms with Crippen LogP contribution >= 0.6 is 0 Å². The van der Waals surface area contributed by atoms with E-state index >= 15 is 0 Å². The molecule has 1 heterocycles. The van der Waals surface area contributed by atoms with E-state index in [1.165, 1.54) is 12.8 Å². The van der Waals surface area contributed by atoms with Crippen LogP contribution in [0.25, 0.3) is 0 Å². The zero-order valence-electron chi connectivity index (χ0n) is 9.84. The van der Waals surface area contributed by atoms with Crippen molar-refractivity contribution in [3.8, 4) is 0 Å². The molecule has 1 nitrogen and oxygen atoms in total. The molecular formula is C13H22O. The molecule has 1 saturated heterocycles. The van der Waals surface area contributed by atoms with E-state index in [9.17, 15) is 0 Å². The summed E-state index contributed by atoms with van der Waals surface area (Å²) in [6.45, 7) is 9.21. The van der Waals surface area contributed by atoms with Crippen molar-refractivity contribution in [3.05, 3.63) is 12.2 Å². The van der Waals surface area contributed by atoms with E-state index in [1.54, 1.807) is 0 Å². The Morgan fingerprint density at radius 3 is 2.50 bits per heavy atom. The van der Waals surface area contributed by atoms with E-state index in [0.717, 1.165) is 6.42 Å². The number of hydrogen-bond donors (Lipinski definition) is 0. The minimum atomic E-state index is 0.112. The van der Waals surface area contributed by atoms with Gasteiger partial charge < -0.3 is 4.74 Å². The predicted octanol–water partition coefficient (Wildman–Crippen LogP) is 3.55. The molecule has 0 saturated carbocycles. The van der Waals surface area contributed by atoms with E-state index in [4.69, 9.17) is 4.74 Å². The molecule has 1 fully saturated rings. The van der Waals surface area contributed by atoms with Crippen molar-refractivity contribution < 1.29 is 4.74 Å². The lowest BCUT2D eigenvalue weighted by Crippen LogP contribution is -2.50. The standard InChI is InChI=1S/C13H22O/c1-10-6-5-8-12(3,4)13(10)9-7-11(2)14-13/h5-6,10-11H,7-9H2,1-4H3/t10?,11?,13-/m0/s1. The van der Waals surface area contributed by atoms with E-state index in [2.05, 4.69) is 39.8 Å². The summed E-state index contributed by atoms with van der Waals surface area (Å²) in [5, 5.41) is 0. The zero-order valence-corrected chi connectivity index (χ0v) is 9.84. The van der Waals surface area contributed by atoms with Crippen LogP contribution in [0.1, 0.15) is 47.0 Å². The van der Waals surface area contributed by atoms with Gasteiger partial charge in [-0.3, -0.25) is 0 Å². The first-order valence-electron chi connectivity index (χ1n) is 5.82. The van der Waals surface area contributed by atoms with Crippen LogP contribution in [0, 0.1) is 11.3 Å². The molecule has 2 aliphatic rings. The van der Waals surface area contributed by atoms with Gasteiger partial charge in [0, 0.05) is 5.92 Å². The van der Waals surface area contributed by atoms with Gasteiger partial charge in [0.15, 0.2) is 0 Å². The molecule has 2 rings (SSSR count). The molecule has 14 heavy (non-hydrogen) atoms. The number of allylic oxidation sites excluding steroid dienone is 1. The first-order chi connectivity index (χ1) is 6.48. The Hall–Kier alpha value is -0.300. The van der Waals surface area contributed by atoms with Crippen LogP contribution in [-0.4, -0.2) is 11.7 Å². The highest BCUT2D eigenvalue weighted by Crippen LogP contribution is 2.53. The van der Waals surface area contributed by atoms with Crippen LogP contribution in [0.2, 0.25) is 0 Å². The lowest BCUT2D eigenvalue weighted by molar-refractivity contribution is -0.136. The summed E-state index contributed by atoms with van der Waals surface area (Å²) in [7, 11) is 0. The number of hydrogen-bond acceptors (Lipinski definition) is 1. The van der Waals surface area contributed by atoms with Crippen LogP contribution in [0.15, 0.2) is 12.2 Å². The van der Waals surface area contributed by atoms with Gasteiger partial charge in [-0.2, -0.15) is 0 Å². The maximum atomic E-state index is 6.27. The Balaban J connectivity index is 2.34. The highest BCUT2D eigenvalue weighted by molar-refractivity contribution is 5.14. The lowest BCUT2D eigenvalue weighted by Gasteiger charge is -2.49. The Kier molecular flexibility index (Phi) is 2.26. The smallest absolute Gasteiger partial charge is 0.0800 e. The maximum Gasteiger partial charge on any atom is 0.0800 e. The zero-order chi connectivity index (χ0) is 10.4. The maximum absolute atomic E-state index is 6.27. The third kappa shape index (κ3) is 1.25. The van der Waals surface area contributed by atoms with Gasteiger partial charge in [0.05, 0.1) is 11.7 Å². The van der Waals surface area contributed by atoms with Gasteiger partial charge in [0.25, 0.3) is 0 Å². The van der Waals surface area contributed by atoms with Crippen molar-refractivity contribution in [1.29, 1.82) is 0 Å². The summed E-state index contributed by atoms with van der Waals surface area (Å²) >= 11 is 0. The largest absolute Gasteiger partial charge is 0.371 e. The fourth-order valence-electron chi connectivity index (χ4n) is 3.24. The number of rotatable bonds is 0. The second-order valence-electron chi connectivity index (χ2n) is 5.66. The van der Waals surface area contributed by atoms with Gasteiger partial charge in [-0.15, -0.1) is 0 Å². The third-order valence-corrected chi connectivity index (χ3v) is 4.27. The van der Waals surface area contributed by atoms with Crippen LogP contribution in [0.5, 0.6) is 0 Å².